The quantitative estimate of drug-likeness (QED) is 0.728. The second-order valence-electron chi connectivity index (χ2n) is 7.36. The molecule has 4 atom stereocenters. The van der Waals surface area contributed by atoms with Crippen LogP contribution in [0.25, 0.3) is 0 Å². The fourth-order valence-corrected chi connectivity index (χ4v) is 4.83. The Balaban J connectivity index is 1.80. The van der Waals surface area contributed by atoms with Gasteiger partial charge in [-0.05, 0) is 30.1 Å². The summed E-state index contributed by atoms with van der Waals surface area (Å²) in [6.45, 7) is 4.98. The van der Waals surface area contributed by atoms with Crippen LogP contribution in [-0.2, 0) is 14.3 Å². The molecule has 4 aliphatic rings. The third kappa shape index (κ3) is 1.39. The third-order valence-electron chi connectivity index (χ3n) is 5.58. The van der Waals surface area contributed by atoms with E-state index in [1.807, 2.05) is 0 Å². The Kier molecular flexibility index (Phi) is 2.14. The van der Waals surface area contributed by atoms with Gasteiger partial charge in [0.15, 0.2) is 0 Å². The Bertz CT molecular complexity index is 492. The van der Waals surface area contributed by atoms with Crippen molar-refractivity contribution in [1.29, 1.82) is 0 Å². The van der Waals surface area contributed by atoms with Crippen LogP contribution in [0, 0.1) is 17.3 Å². The number of cyclic esters (lactones) is 1. The van der Waals surface area contributed by atoms with Crippen LogP contribution in [0.15, 0.2) is 11.1 Å². The van der Waals surface area contributed by atoms with E-state index in [9.17, 15) is 9.90 Å². The van der Waals surface area contributed by atoms with Gasteiger partial charge >= 0.3 is 5.97 Å². The van der Waals surface area contributed by atoms with Crippen LogP contribution in [0.4, 0.5) is 0 Å². The molecule has 2 fully saturated rings. The summed E-state index contributed by atoms with van der Waals surface area (Å²) in [6, 6.07) is 0. The number of carbonyl (C=O) groups is 1. The lowest BCUT2D eigenvalue weighted by molar-refractivity contribution is -0.137. The maximum atomic E-state index is 11.8. The topological polar surface area (TPSA) is 55.8 Å². The van der Waals surface area contributed by atoms with Crippen LogP contribution >= 0.6 is 0 Å². The summed E-state index contributed by atoms with van der Waals surface area (Å²) in [6.07, 6.45) is 2.71. The van der Waals surface area contributed by atoms with E-state index in [-0.39, 0.29) is 18.7 Å². The average Bonchev–Trinajstić information content (AvgIpc) is 2.95. The van der Waals surface area contributed by atoms with Gasteiger partial charge in [0.2, 0.25) is 0 Å². The van der Waals surface area contributed by atoms with Gasteiger partial charge in [0.05, 0.1) is 18.3 Å². The first-order valence-electron chi connectivity index (χ1n) is 7.13. The number of aliphatic hydroxyl groups is 1. The number of aliphatic hydroxyl groups excluding tert-OH is 1. The summed E-state index contributed by atoms with van der Waals surface area (Å²) in [5, 5.41) is 9.89. The zero-order valence-electron chi connectivity index (χ0n) is 11.4. The van der Waals surface area contributed by atoms with Crippen molar-refractivity contribution in [3.05, 3.63) is 11.1 Å². The molecule has 1 saturated carbocycles. The number of fused-ring (bicyclic) bond motifs is 6. The predicted molar refractivity (Wildman–Crippen MR) is 67.3 cm³/mol. The first kappa shape index (κ1) is 11.9. The smallest absolute Gasteiger partial charge is 0.334 e. The third-order valence-corrected chi connectivity index (χ3v) is 5.58. The van der Waals surface area contributed by atoms with Gasteiger partial charge in [-0.1, -0.05) is 13.8 Å². The molecule has 0 spiro atoms. The second kappa shape index (κ2) is 3.41. The van der Waals surface area contributed by atoms with Crippen LogP contribution in [0.1, 0.15) is 33.1 Å². The maximum absolute atomic E-state index is 11.8. The molecule has 4 rings (SSSR count). The Morgan fingerprint density at radius 1 is 1.37 bits per heavy atom. The molecule has 4 heteroatoms. The largest absolute Gasteiger partial charge is 0.458 e. The highest BCUT2D eigenvalue weighted by atomic mass is 16.6. The summed E-state index contributed by atoms with van der Waals surface area (Å²) < 4.78 is 11.4. The zero-order chi connectivity index (χ0) is 13.4. The molecular weight excluding hydrogens is 244 g/mol. The van der Waals surface area contributed by atoms with Crippen molar-refractivity contribution < 1.29 is 19.4 Å². The van der Waals surface area contributed by atoms with Crippen molar-refractivity contribution in [3.63, 3.8) is 0 Å². The molecule has 0 amide bonds. The van der Waals surface area contributed by atoms with E-state index in [1.54, 1.807) is 0 Å². The first-order chi connectivity index (χ1) is 8.96. The van der Waals surface area contributed by atoms with Gasteiger partial charge in [0.1, 0.15) is 6.61 Å². The second-order valence-corrected chi connectivity index (χ2v) is 7.36. The lowest BCUT2D eigenvalue weighted by atomic mass is 9.79. The molecule has 1 N–H and O–H groups in total. The van der Waals surface area contributed by atoms with Crippen LogP contribution < -0.4 is 0 Å². The molecule has 1 aliphatic carbocycles. The summed E-state index contributed by atoms with van der Waals surface area (Å²) in [5.74, 6) is 0.611. The van der Waals surface area contributed by atoms with E-state index in [0.29, 0.717) is 30.3 Å². The van der Waals surface area contributed by atoms with E-state index in [4.69, 9.17) is 9.47 Å². The minimum absolute atomic E-state index is 0.00477. The SMILES string of the molecule is CC1(C)C[C@@H]2[C@@H]3O[C@](CO)(CC4=C3COC4=O)[C@@H]2C1. The molecule has 1 saturated heterocycles. The lowest BCUT2D eigenvalue weighted by Gasteiger charge is -2.36. The summed E-state index contributed by atoms with van der Waals surface area (Å²) in [7, 11) is 0. The molecule has 2 bridgehead atoms. The van der Waals surface area contributed by atoms with Gasteiger partial charge in [-0.15, -0.1) is 0 Å². The molecule has 3 heterocycles. The van der Waals surface area contributed by atoms with E-state index >= 15 is 0 Å². The predicted octanol–water partition coefficient (Wildman–Crippen LogP) is 1.43. The van der Waals surface area contributed by atoms with Gasteiger partial charge in [0.25, 0.3) is 0 Å². The number of hydrogen-bond acceptors (Lipinski definition) is 4. The zero-order valence-corrected chi connectivity index (χ0v) is 11.4. The molecule has 0 aromatic heterocycles. The highest BCUT2D eigenvalue weighted by Crippen LogP contribution is 2.62. The van der Waals surface area contributed by atoms with Crippen LogP contribution in [-0.4, -0.2) is 36.0 Å². The van der Waals surface area contributed by atoms with Crippen LogP contribution in [0.3, 0.4) is 0 Å². The number of hydrogen-bond donors (Lipinski definition) is 1. The molecule has 19 heavy (non-hydrogen) atoms. The monoisotopic (exact) mass is 264 g/mol. The number of ether oxygens (including phenoxy) is 2. The fourth-order valence-electron chi connectivity index (χ4n) is 4.83. The first-order valence-corrected chi connectivity index (χ1v) is 7.13. The Morgan fingerprint density at radius 2 is 2.16 bits per heavy atom. The highest BCUT2D eigenvalue weighted by Gasteiger charge is 2.64. The molecule has 0 radical (unpaired) electrons. The molecule has 3 aliphatic heterocycles. The van der Waals surface area contributed by atoms with Crippen molar-refractivity contribution >= 4 is 5.97 Å². The Hall–Kier alpha value is -0.870. The normalized spacial score (nSPS) is 46.3. The standard InChI is InChI=1S/C15H20O4/c1-14(2)3-9-11(5-14)15(7-16)4-8-10(12(9)19-15)6-18-13(8)17/h9,11-12,16H,3-7H2,1-2H3/t9-,11+,12-,15-/m0/s1. The average molecular weight is 264 g/mol. The van der Waals surface area contributed by atoms with Gasteiger partial charge in [-0.25, -0.2) is 4.79 Å². The molecule has 0 unspecified atom stereocenters. The minimum Gasteiger partial charge on any atom is -0.458 e. The van der Waals surface area contributed by atoms with Gasteiger partial charge < -0.3 is 14.6 Å². The Labute approximate surface area is 112 Å². The Morgan fingerprint density at radius 3 is 2.89 bits per heavy atom. The number of rotatable bonds is 1. The lowest BCUT2D eigenvalue weighted by Crippen LogP contribution is -2.43. The van der Waals surface area contributed by atoms with E-state index < -0.39 is 5.60 Å². The van der Waals surface area contributed by atoms with E-state index in [0.717, 1.165) is 24.0 Å². The summed E-state index contributed by atoms with van der Waals surface area (Å²) in [5.41, 5.74) is 1.61. The van der Waals surface area contributed by atoms with Crippen molar-refractivity contribution in [2.75, 3.05) is 13.2 Å². The maximum Gasteiger partial charge on any atom is 0.334 e. The summed E-state index contributed by atoms with van der Waals surface area (Å²) >= 11 is 0. The van der Waals surface area contributed by atoms with Crippen molar-refractivity contribution in [3.8, 4) is 0 Å². The van der Waals surface area contributed by atoms with Crippen molar-refractivity contribution in [1.82, 2.24) is 0 Å². The fraction of sp³-hybridized carbons (Fsp3) is 0.800. The number of esters is 1. The van der Waals surface area contributed by atoms with Crippen molar-refractivity contribution in [2.45, 2.75) is 44.8 Å². The molecule has 0 aromatic rings. The molecule has 104 valence electrons. The minimum atomic E-state index is -0.536. The van der Waals surface area contributed by atoms with Gasteiger partial charge in [-0.3, -0.25) is 0 Å². The molecule has 4 nitrogen and oxygen atoms in total. The van der Waals surface area contributed by atoms with Crippen molar-refractivity contribution in [2.24, 2.45) is 17.3 Å². The van der Waals surface area contributed by atoms with E-state index in [2.05, 4.69) is 13.8 Å². The highest BCUT2D eigenvalue weighted by molar-refractivity contribution is 5.92. The van der Waals surface area contributed by atoms with E-state index in [1.165, 1.54) is 0 Å². The molecule has 0 aromatic carbocycles. The van der Waals surface area contributed by atoms with Gasteiger partial charge in [-0.2, -0.15) is 0 Å². The summed E-state index contributed by atoms with van der Waals surface area (Å²) in [4.78, 5) is 11.8. The van der Waals surface area contributed by atoms with Crippen LogP contribution in [0.2, 0.25) is 0 Å². The number of carbonyl (C=O) groups excluding carboxylic acids is 1. The molecular formula is C15H20O4. The van der Waals surface area contributed by atoms with Crippen LogP contribution in [0.5, 0.6) is 0 Å². The van der Waals surface area contributed by atoms with Gasteiger partial charge in [0, 0.05) is 17.6 Å².